The van der Waals surface area contributed by atoms with Crippen LogP contribution in [0.4, 0.5) is 0 Å². The molecule has 0 saturated heterocycles. The SMILES string of the molecule is COC(C)CNC1CC(c2ccccc2C)C1. The first kappa shape index (κ1) is 12.6. The van der Waals surface area contributed by atoms with Crippen molar-refractivity contribution < 1.29 is 4.74 Å². The van der Waals surface area contributed by atoms with Gasteiger partial charge in [-0.25, -0.2) is 0 Å². The summed E-state index contributed by atoms with van der Waals surface area (Å²) in [6.45, 7) is 5.27. The number of methoxy groups -OCH3 is 1. The van der Waals surface area contributed by atoms with E-state index >= 15 is 0 Å². The summed E-state index contributed by atoms with van der Waals surface area (Å²) in [7, 11) is 1.77. The standard InChI is InChI=1S/C15H23NO/c1-11-6-4-5-7-15(11)13-8-14(9-13)16-10-12(2)17-3/h4-7,12-14,16H,8-10H2,1-3H3. The molecule has 0 bridgehead atoms. The Hall–Kier alpha value is -0.860. The molecule has 1 aromatic carbocycles. The van der Waals surface area contributed by atoms with Crippen molar-refractivity contribution in [2.75, 3.05) is 13.7 Å². The molecule has 0 amide bonds. The molecule has 1 saturated carbocycles. The highest BCUT2D eigenvalue weighted by molar-refractivity contribution is 5.31. The number of ether oxygens (including phenoxy) is 1. The van der Waals surface area contributed by atoms with Crippen molar-refractivity contribution in [3.8, 4) is 0 Å². The minimum Gasteiger partial charge on any atom is -0.380 e. The van der Waals surface area contributed by atoms with E-state index in [0.29, 0.717) is 12.1 Å². The van der Waals surface area contributed by atoms with Gasteiger partial charge in [-0.15, -0.1) is 0 Å². The molecule has 1 aromatic rings. The third-order valence-corrected chi connectivity index (χ3v) is 3.86. The van der Waals surface area contributed by atoms with E-state index in [9.17, 15) is 0 Å². The van der Waals surface area contributed by atoms with Crippen molar-refractivity contribution in [2.24, 2.45) is 0 Å². The highest BCUT2D eigenvalue weighted by Crippen LogP contribution is 2.38. The normalized spacial score (nSPS) is 25.4. The van der Waals surface area contributed by atoms with E-state index in [1.54, 1.807) is 7.11 Å². The molecule has 1 aliphatic carbocycles. The summed E-state index contributed by atoms with van der Waals surface area (Å²) >= 11 is 0. The minimum absolute atomic E-state index is 0.313. The second kappa shape index (κ2) is 5.65. The van der Waals surface area contributed by atoms with E-state index < -0.39 is 0 Å². The fourth-order valence-corrected chi connectivity index (χ4v) is 2.50. The molecule has 0 radical (unpaired) electrons. The molecule has 1 aliphatic rings. The van der Waals surface area contributed by atoms with Crippen molar-refractivity contribution in [3.05, 3.63) is 35.4 Å². The Morgan fingerprint density at radius 1 is 1.35 bits per heavy atom. The maximum absolute atomic E-state index is 5.24. The van der Waals surface area contributed by atoms with Crippen molar-refractivity contribution in [1.82, 2.24) is 5.32 Å². The zero-order valence-electron chi connectivity index (χ0n) is 11.1. The van der Waals surface area contributed by atoms with Crippen molar-refractivity contribution in [3.63, 3.8) is 0 Å². The van der Waals surface area contributed by atoms with Crippen LogP contribution < -0.4 is 5.32 Å². The lowest BCUT2D eigenvalue weighted by Crippen LogP contribution is -2.43. The van der Waals surface area contributed by atoms with Crippen LogP contribution in [0.1, 0.15) is 36.8 Å². The quantitative estimate of drug-likeness (QED) is 0.844. The van der Waals surface area contributed by atoms with Gasteiger partial charge < -0.3 is 10.1 Å². The maximum atomic E-state index is 5.24. The Labute approximate surface area is 104 Å². The first-order chi connectivity index (χ1) is 8.20. The molecule has 1 fully saturated rings. The number of hydrogen-bond acceptors (Lipinski definition) is 2. The predicted octanol–water partition coefficient (Wildman–Crippen LogP) is 2.87. The van der Waals surface area contributed by atoms with Gasteiger partial charge in [0.1, 0.15) is 0 Å². The Bertz CT molecular complexity index is 358. The van der Waals surface area contributed by atoms with Crippen LogP contribution in [0.5, 0.6) is 0 Å². The van der Waals surface area contributed by atoms with Gasteiger partial charge in [-0.05, 0) is 43.7 Å². The molecule has 0 heterocycles. The zero-order chi connectivity index (χ0) is 12.3. The number of nitrogens with one attached hydrogen (secondary N) is 1. The lowest BCUT2D eigenvalue weighted by Gasteiger charge is -2.37. The van der Waals surface area contributed by atoms with Crippen LogP contribution in [0.2, 0.25) is 0 Å². The summed E-state index contributed by atoms with van der Waals surface area (Å²) in [6.07, 6.45) is 2.84. The van der Waals surface area contributed by atoms with E-state index in [0.717, 1.165) is 12.5 Å². The van der Waals surface area contributed by atoms with Crippen molar-refractivity contribution in [1.29, 1.82) is 0 Å². The summed E-state index contributed by atoms with van der Waals surface area (Å²) in [5, 5.41) is 3.56. The average Bonchev–Trinajstić information content (AvgIpc) is 2.28. The van der Waals surface area contributed by atoms with Crippen LogP contribution in [-0.4, -0.2) is 25.8 Å². The number of benzene rings is 1. The first-order valence-electron chi connectivity index (χ1n) is 6.52. The smallest absolute Gasteiger partial charge is 0.0667 e. The van der Waals surface area contributed by atoms with Gasteiger partial charge >= 0.3 is 0 Å². The Kier molecular flexibility index (Phi) is 4.19. The van der Waals surface area contributed by atoms with Crippen molar-refractivity contribution >= 4 is 0 Å². The third-order valence-electron chi connectivity index (χ3n) is 3.86. The second-order valence-electron chi connectivity index (χ2n) is 5.18. The van der Waals surface area contributed by atoms with Gasteiger partial charge in [0.2, 0.25) is 0 Å². The summed E-state index contributed by atoms with van der Waals surface area (Å²) in [6, 6.07) is 9.43. The largest absolute Gasteiger partial charge is 0.380 e. The molecule has 1 N–H and O–H groups in total. The molecule has 0 aliphatic heterocycles. The Morgan fingerprint density at radius 3 is 2.71 bits per heavy atom. The highest BCUT2D eigenvalue weighted by atomic mass is 16.5. The van der Waals surface area contributed by atoms with Gasteiger partial charge in [0.15, 0.2) is 0 Å². The Balaban J connectivity index is 1.77. The molecule has 2 nitrogen and oxygen atoms in total. The maximum Gasteiger partial charge on any atom is 0.0667 e. The van der Waals surface area contributed by atoms with Gasteiger partial charge in [0, 0.05) is 19.7 Å². The molecule has 2 rings (SSSR count). The van der Waals surface area contributed by atoms with Gasteiger partial charge in [-0.1, -0.05) is 24.3 Å². The minimum atomic E-state index is 0.313. The fourth-order valence-electron chi connectivity index (χ4n) is 2.50. The Morgan fingerprint density at radius 2 is 2.06 bits per heavy atom. The van der Waals surface area contributed by atoms with E-state index in [2.05, 4.69) is 43.4 Å². The van der Waals surface area contributed by atoms with E-state index in [1.165, 1.54) is 24.0 Å². The fraction of sp³-hybridized carbons (Fsp3) is 0.600. The lowest BCUT2D eigenvalue weighted by molar-refractivity contribution is 0.108. The summed E-state index contributed by atoms with van der Waals surface area (Å²) in [5.74, 6) is 0.756. The van der Waals surface area contributed by atoms with Crippen LogP contribution in [0.3, 0.4) is 0 Å². The average molecular weight is 233 g/mol. The van der Waals surface area contributed by atoms with Gasteiger partial charge in [0.05, 0.1) is 6.10 Å². The van der Waals surface area contributed by atoms with Crippen LogP contribution in [0, 0.1) is 6.92 Å². The lowest BCUT2D eigenvalue weighted by atomic mass is 9.74. The van der Waals surface area contributed by atoms with Crippen LogP contribution in [-0.2, 0) is 4.74 Å². The van der Waals surface area contributed by atoms with E-state index in [4.69, 9.17) is 4.74 Å². The van der Waals surface area contributed by atoms with Crippen LogP contribution in [0.25, 0.3) is 0 Å². The van der Waals surface area contributed by atoms with Crippen LogP contribution >= 0.6 is 0 Å². The molecule has 17 heavy (non-hydrogen) atoms. The molecular weight excluding hydrogens is 210 g/mol. The molecule has 1 unspecified atom stereocenters. The topological polar surface area (TPSA) is 21.3 Å². The van der Waals surface area contributed by atoms with Gasteiger partial charge in [-0.2, -0.15) is 0 Å². The van der Waals surface area contributed by atoms with Gasteiger partial charge in [-0.3, -0.25) is 0 Å². The third kappa shape index (κ3) is 3.08. The second-order valence-corrected chi connectivity index (χ2v) is 5.18. The monoisotopic (exact) mass is 233 g/mol. The predicted molar refractivity (Wildman–Crippen MR) is 71.4 cm³/mol. The highest BCUT2D eigenvalue weighted by Gasteiger charge is 2.30. The summed E-state index contributed by atoms with van der Waals surface area (Å²) in [5.41, 5.74) is 2.96. The van der Waals surface area contributed by atoms with Gasteiger partial charge in [0.25, 0.3) is 0 Å². The molecular formula is C15H23NO. The molecule has 2 heteroatoms. The molecule has 1 atom stereocenters. The van der Waals surface area contributed by atoms with Crippen molar-refractivity contribution in [2.45, 2.75) is 44.8 Å². The van der Waals surface area contributed by atoms with E-state index in [-0.39, 0.29) is 0 Å². The first-order valence-corrected chi connectivity index (χ1v) is 6.52. The van der Waals surface area contributed by atoms with Crippen LogP contribution in [0.15, 0.2) is 24.3 Å². The molecule has 0 aromatic heterocycles. The molecule has 0 spiro atoms. The summed E-state index contributed by atoms with van der Waals surface area (Å²) < 4.78 is 5.24. The number of rotatable bonds is 5. The van der Waals surface area contributed by atoms with E-state index in [1.807, 2.05) is 0 Å². The zero-order valence-corrected chi connectivity index (χ0v) is 11.1. The number of hydrogen-bond donors (Lipinski definition) is 1. The molecule has 94 valence electrons. The number of aryl methyl sites for hydroxylation is 1. The summed E-state index contributed by atoms with van der Waals surface area (Å²) in [4.78, 5) is 0.